The predicted octanol–water partition coefficient (Wildman–Crippen LogP) is 5.80. The molecule has 2 aliphatic heterocycles. The molecule has 3 N–H and O–H groups in total. The number of ether oxygens (including phenoxy) is 1. The molecule has 1 aromatic carbocycles. The smallest absolute Gasteiger partial charge is 0.143 e. The number of thiophene rings is 1. The molecule has 0 saturated carbocycles. The SMILES string of the molecule is C=S.CC.CC.CN/N=C(\C)c1csc(-c2ccc3c(c2)CCO3)c1O.CN1CCC(C=O)CC1.CO. The number of fused-ring (bicyclic) bond motifs is 1. The average Bonchev–Trinajstić information content (AvgIpc) is 3.60. The van der Waals surface area contributed by atoms with Gasteiger partial charge in [0, 0.05) is 31.9 Å². The Morgan fingerprint density at radius 2 is 1.81 bits per heavy atom. The van der Waals surface area contributed by atoms with Crippen molar-refractivity contribution in [2.45, 2.75) is 53.9 Å². The van der Waals surface area contributed by atoms with Gasteiger partial charge >= 0.3 is 0 Å². The van der Waals surface area contributed by atoms with Crippen LogP contribution >= 0.6 is 23.6 Å². The molecule has 37 heavy (non-hydrogen) atoms. The number of nitrogens with zero attached hydrogens (tertiary/aromatic N) is 2. The van der Waals surface area contributed by atoms with Crippen molar-refractivity contribution in [3.8, 4) is 21.9 Å². The molecule has 0 unspecified atom stereocenters. The zero-order chi connectivity index (χ0) is 28.8. The molecular weight excluding hydrogens is 506 g/mol. The van der Waals surface area contributed by atoms with Crippen LogP contribution in [-0.4, -0.2) is 73.9 Å². The van der Waals surface area contributed by atoms with Crippen LogP contribution in [0.1, 0.15) is 58.6 Å². The van der Waals surface area contributed by atoms with E-state index in [4.69, 9.17) is 9.84 Å². The van der Waals surface area contributed by atoms with Crippen molar-refractivity contribution in [2.24, 2.45) is 11.0 Å². The highest BCUT2D eigenvalue weighted by Crippen LogP contribution is 2.40. The Balaban J connectivity index is 0. The van der Waals surface area contributed by atoms with E-state index in [1.807, 2.05) is 52.1 Å². The highest BCUT2D eigenvalue weighted by atomic mass is 32.1. The van der Waals surface area contributed by atoms with Crippen molar-refractivity contribution >= 4 is 41.4 Å². The molecule has 4 rings (SSSR count). The summed E-state index contributed by atoms with van der Waals surface area (Å²) in [5, 5.41) is 23.4. The van der Waals surface area contributed by atoms with E-state index in [1.165, 1.54) is 16.9 Å². The quantitative estimate of drug-likeness (QED) is 0.191. The van der Waals surface area contributed by atoms with Gasteiger partial charge in [-0.3, -0.25) is 0 Å². The van der Waals surface area contributed by atoms with Crippen LogP contribution in [0.3, 0.4) is 0 Å². The molecule has 1 saturated heterocycles. The molecule has 0 bridgehead atoms. The van der Waals surface area contributed by atoms with Gasteiger partial charge in [-0.05, 0) is 75.1 Å². The Hall–Kier alpha value is -2.33. The van der Waals surface area contributed by atoms with Crippen LogP contribution in [-0.2, 0) is 11.2 Å². The molecule has 1 fully saturated rings. The Labute approximate surface area is 233 Å². The van der Waals surface area contributed by atoms with Gasteiger partial charge in [-0.25, -0.2) is 0 Å². The van der Waals surface area contributed by atoms with Gasteiger partial charge in [0.25, 0.3) is 0 Å². The van der Waals surface area contributed by atoms with E-state index < -0.39 is 0 Å². The second-order valence-electron chi connectivity index (χ2n) is 7.45. The zero-order valence-electron chi connectivity index (χ0n) is 23.8. The van der Waals surface area contributed by atoms with Crippen molar-refractivity contribution in [3.05, 3.63) is 34.7 Å². The molecule has 1 aromatic heterocycles. The molecule has 0 atom stereocenters. The number of carbonyl (C=O) groups is 1. The predicted molar refractivity (Wildman–Crippen MR) is 164 cm³/mol. The molecule has 3 heterocycles. The number of aromatic hydroxyl groups is 1. The van der Waals surface area contributed by atoms with Crippen LogP contribution in [0.5, 0.6) is 11.5 Å². The molecule has 0 aliphatic carbocycles. The lowest BCUT2D eigenvalue weighted by atomic mass is 9.99. The van der Waals surface area contributed by atoms with E-state index >= 15 is 0 Å². The first-order valence-corrected chi connectivity index (χ1v) is 14.1. The van der Waals surface area contributed by atoms with Crippen LogP contribution in [0.25, 0.3) is 10.4 Å². The molecule has 0 spiro atoms. The van der Waals surface area contributed by atoms with Gasteiger partial charge < -0.3 is 30.1 Å². The lowest BCUT2D eigenvalue weighted by Crippen LogP contribution is -2.30. The van der Waals surface area contributed by atoms with E-state index in [-0.39, 0.29) is 0 Å². The highest BCUT2D eigenvalue weighted by Gasteiger charge is 2.18. The number of hydrazone groups is 1. The number of aldehydes is 1. The van der Waals surface area contributed by atoms with E-state index in [2.05, 4.69) is 46.6 Å². The van der Waals surface area contributed by atoms with Crippen molar-refractivity contribution in [3.63, 3.8) is 0 Å². The average molecular weight is 554 g/mol. The molecular formula is C28H47N3O4S2. The molecule has 7 nitrogen and oxygen atoms in total. The standard InChI is InChI=1S/C15H16N2O2S.C7H13NO.2C2H6.CH4O.CH2S/c1-9(17-16-2)12-8-20-15(14(12)18)11-3-4-13-10(7-11)5-6-19-13;1-8-4-2-7(6-9)3-5-8;4*1-2/h3-4,7-8,16,18H,5-6H2,1-2H3;6-7H,2-5H2,1H3;2*1-2H3;2H,1H3;1H2/b17-9+;;;;;. The van der Waals surface area contributed by atoms with Crippen LogP contribution in [0.15, 0.2) is 28.7 Å². The Kier molecular flexibility index (Phi) is 22.7. The first-order valence-electron chi connectivity index (χ1n) is 12.7. The van der Waals surface area contributed by atoms with E-state index in [9.17, 15) is 9.90 Å². The molecule has 210 valence electrons. The van der Waals surface area contributed by atoms with E-state index in [1.54, 1.807) is 7.05 Å². The number of hydrogen-bond acceptors (Lipinski definition) is 9. The van der Waals surface area contributed by atoms with Crippen molar-refractivity contribution in [1.82, 2.24) is 10.3 Å². The summed E-state index contributed by atoms with van der Waals surface area (Å²) in [6, 6.07) is 6.07. The third-order valence-corrected chi connectivity index (χ3v) is 6.36. The number of nitrogens with one attached hydrogen (secondary N) is 1. The Morgan fingerprint density at radius 3 is 2.35 bits per heavy atom. The minimum atomic E-state index is 0.297. The third kappa shape index (κ3) is 12.2. The van der Waals surface area contributed by atoms with E-state index in [0.717, 1.165) is 79.8 Å². The second-order valence-corrected chi connectivity index (χ2v) is 8.33. The lowest BCUT2D eigenvalue weighted by Gasteiger charge is -2.25. The van der Waals surface area contributed by atoms with Crippen molar-refractivity contribution in [2.75, 3.05) is 40.9 Å². The highest BCUT2D eigenvalue weighted by molar-refractivity contribution is 7.77. The fourth-order valence-electron chi connectivity index (χ4n) is 3.53. The van der Waals surface area contributed by atoms with Crippen LogP contribution in [0.4, 0.5) is 0 Å². The summed E-state index contributed by atoms with van der Waals surface area (Å²) >= 11 is 5.36. The lowest BCUT2D eigenvalue weighted by molar-refractivity contribution is -0.112. The molecule has 2 aromatic rings. The minimum absolute atomic E-state index is 0.297. The summed E-state index contributed by atoms with van der Waals surface area (Å²) in [6.07, 6.45) is 4.13. The maximum absolute atomic E-state index is 10.4. The van der Waals surface area contributed by atoms with Crippen molar-refractivity contribution in [1.29, 1.82) is 0 Å². The third-order valence-electron chi connectivity index (χ3n) is 5.34. The molecule has 0 amide bonds. The maximum Gasteiger partial charge on any atom is 0.143 e. The van der Waals surface area contributed by atoms with Crippen LogP contribution in [0, 0.1) is 5.92 Å². The second kappa shape index (κ2) is 22.8. The van der Waals surface area contributed by atoms with E-state index in [0.29, 0.717) is 11.7 Å². The zero-order valence-corrected chi connectivity index (χ0v) is 25.5. The number of aliphatic hydroxyl groups is 1. The number of hydrogen-bond donors (Lipinski definition) is 3. The summed E-state index contributed by atoms with van der Waals surface area (Å²) in [5.41, 5.74) is 6.52. The summed E-state index contributed by atoms with van der Waals surface area (Å²) in [4.78, 5) is 13.4. The number of rotatable bonds is 4. The van der Waals surface area contributed by atoms with Crippen LogP contribution in [0.2, 0.25) is 0 Å². The number of piperidine rings is 1. The Morgan fingerprint density at radius 1 is 1.22 bits per heavy atom. The summed E-state index contributed by atoms with van der Waals surface area (Å²) in [6.45, 7) is 12.8. The minimum Gasteiger partial charge on any atom is -0.506 e. The van der Waals surface area contributed by atoms with Gasteiger partial charge in [0.15, 0.2) is 0 Å². The van der Waals surface area contributed by atoms with Gasteiger partial charge in [-0.1, -0.05) is 39.9 Å². The summed E-state index contributed by atoms with van der Waals surface area (Å²) < 4.78 is 5.51. The maximum atomic E-state index is 10.4. The molecule has 9 heteroatoms. The normalized spacial score (nSPS) is 14.0. The molecule has 0 radical (unpaired) electrons. The molecule has 2 aliphatic rings. The summed E-state index contributed by atoms with van der Waals surface area (Å²) in [5.74, 6) is 4.43. The monoisotopic (exact) mass is 553 g/mol. The fraction of sp³-hybridized carbons (Fsp3) is 0.536. The Bertz CT molecular complexity index is 896. The number of thiocarbonyl (C=S) groups is 1. The van der Waals surface area contributed by atoms with Crippen molar-refractivity contribution < 1.29 is 19.7 Å². The van der Waals surface area contributed by atoms with Gasteiger partial charge in [-0.15, -0.1) is 11.3 Å². The number of carbonyl (C=O) groups excluding carboxylic acids is 1. The number of aliphatic hydroxyl groups excluding tert-OH is 1. The largest absolute Gasteiger partial charge is 0.506 e. The van der Waals surface area contributed by atoms with Gasteiger partial charge in [-0.2, -0.15) is 5.10 Å². The first kappa shape index (κ1) is 36.8. The fourth-order valence-corrected chi connectivity index (χ4v) is 4.54. The van der Waals surface area contributed by atoms with Gasteiger partial charge in [0.1, 0.15) is 17.8 Å². The topological polar surface area (TPSA) is 94.4 Å². The summed E-state index contributed by atoms with van der Waals surface area (Å²) in [7, 11) is 4.84. The van der Waals surface area contributed by atoms with Gasteiger partial charge in [0.2, 0.25) is 0 Å². The van der Waals surface area contributed by atoms with Crippen LogP contribution < -0.4 is 10.2 Å². The first-order chi connectivity index (χ1) is 18.0. The number of likely N-dealkylation sites (tertiary alicyclic amines) is 1. The van der Waals surface area contributed by atoms with Gasteiger partial charge in [0.05, 0.1) is 22.8 Å². The number of benzene rings is 1.